The van der Waals surface area contributed by atoms with Crippen LogP contribution in [0.2, 0.25) is 0 Å². The van der Waals surface area contributed by atoms with Gasteiger partial charge in [0.25, 0.3) is 0 Å². The zero-order chi connectivity index (χ0) is 17.9. The van der Waals surface area contributed by atoms with E-state index in [1.807, 2.05) is 11.9 Å². The number of rotatable bonds is 8. The fourth-order valence-electron chi connectivity index (χ4n) is 3.04. The monoisotopic (exact) mass is 375 g/mol. The van der Waals surface area contributed by atoms with E-state index in [9.17, 15) is 19.2 Å². The number of nitrogens with zero attached hydrogens (tertiary/aromatic N) is 1. The molecule has 2 aliphatic rings. The van der Waals surface area contributed by atoms with E-state index in [4.69, 9.17) is 10.2 Å². The van der Waals surface area contributed by atoms with Gasteiger partial charge in [0.1, 0.15) is 0 Å². The summed E-state index contributed by atoms with van der Waals surface area (Å²) in [7, 11) is 1.88. The van der Waals surface area contributed by atoms with Crippen molar-refractivity contribution in [3.8, 4) is 0 Å². The first kappa shape index (κ1) is 19.3. The van der Waals surface area contributed by atoms with E-state index < -0.39 is 23.8 Å². The molecule has 7 nitrogen and oxygen atoms in total. The minimum absolute atomic E-state index is 0.0692. The van der Waals surface area contributed by atoms with Gasteiger partial charge >= 0.3 is 11.9 Å². The lowest BCUT2D eigenvalue weighted by atomic mass is 9.99. The zero-order valence-corrected chi connectivity index (χ0v) is 15.0. The number of carboxylic acids is 2. The first-order valence-corrected chi connectivity index (χ1v) is 9.57. The van der Waals surface area contributed by atoms with Gasteiger partial charge in [-0.1, -0.05) is 23.5 Å². The van der Waals surface area contributed by atoms with Gasteiger partial charge in [-0.05, 0) is 33.0 Å². The minimum Gasteiger partial charge on any atom is -0.481 e. The lowest BCUT2D eigenvalue weighted by Crippen LogP contribution is -2.30. The molecule has 0 aromatic heterocycles. The van der Waals surface area contributed by atoms with Crippen molar-refractivity contribution in [3.63, 3.8) is 0 Å². The van der Waals surface area contributed by atoms with Crippen molar-refractivity contribution >= 4 is 45.7 Å². The molecule has 0 spiro atoms. The van der Waals surface area contributed by atoms with Crippen molar-refractivity contribution < 1.29 is 29.4 Å². The van der Waals surface area contributed by atoms with Crippen LogP contribution in [0.4, 0.5) is 0 Å². The second kappa shape index (κ2) is 8.35. The molecule has 0 aromatic carbocycles. The number of aliphatic carboxylic acids is 2. The molecule has 9 heteroatoms. The predicted octanol–water partition coefficient (Wildman–Crippen LogP) is 1.16. The molecule has 0 amide bonds. The molecule has 134 valence electrons. The van der Waals surface area contributed by atoms with Crippen LogP contribution in [0.1, 0.15) is 25.7 Å². The molecule has 2 aliphatic heterocycles. The maximum absolute atomic E-state index is 11.4. The van der Waals surface area contributed by atoms with Crippen LogP contribution in [0.3, 0.4) is 0 Å². The Balaban J connectivity index is 1.76. The maximum atomic E-state index is 11.4. The average Bonchev–Trinajstić information content (AvgIpc) is 3.05. The van der Waals surface area contributed by atoms with Gasteiger partial charge in [0.05, 0.1) is 11.8 Å². The third-order valence-corrected chi connectivity index (χ3v) is 7.05. The lowest BCUT2D eigenvalue weighted by Gasteiger charge is -2.22. The smallest absolute Gasteiger partial charge is 0.308 e. The first-order valence-electron chi connectivity index (χ1n) is 7.81. The molecule has 2 fully saturated rings. The quantitative estimate of drug-likeness (QED) is 0.645. The molecule has 0 aliphatic carbocycles. The van der Waals surface area contributed by atoms with Crippen molar-refractivity contribution in [1.29, 1.82) is 0 Å². The van der Waals surface area contributed by atoms with E-state index in [1.54, 1.807) is 0 Å². The topological polar surface area (TPSA) is 112 Å². The minimum atomic E-state index is -0.925. The van der Waals surface area contributed by atoms with Gasteiger partial charge in [0.2, 0.25) is 0 Å². The van der Waals surface area contributed by atoms with E-state index >= 15 is 0 Å². The summed E-state index contributed by atoms with van der Waals surface area (Å²) in [6.45, 7) is 1.27. The number of thioether (sulfide) groups is 2. The van der Waals surface area contributed by atoms with Crippen molar-refractivity contribution in [3.05, 3.63) is 0 Å². The van der Waals surface area contributed by atoms with E-state index in [0.29, 0.717) is 25.9 Å². The van der Waals surface area contributed by atoms with E-state index in [0.717, 1.165) is 23.5 Å². The van der Waals surface area contributed by atoms with Crippen LogP contribution in [0, 0.1) is 11.8 Å². The summed E-state index contributed by atoms with van der Waals surface area (Å²) in [5, 5.41) is 17.8. The summed E-state index contributed by atoms with van der Waals surface area (Å²) in [6.07, 6.45) is 1.39. The van der Waals surface area contributed by atoms with Crippen LogP contribution in [-0.4, -0.2) is 67.9 Å². The Labute approximate surface area is 148 Å². The number of hydrogen-bond donors (Lipinski definition) is 2. The predicted molar refractivity (Wildman–Crippen MR) is 91.0 cm³/mol. The third kappa shape index (κ3) is 4.97. The van der Waals surface area contributed by atoms with Gasteiger partial charge in [-0.2, -0.15) is 0 Å². The Hall–Kier alpha value is -1.06. The normalized spacial score (nSPS) is 30.2. The SMILES string of the molecule is CN(CCC1SC(=O)CC1C(=O)O)CCC1SC(=O)CC1C(=O)O. The Kier molecular flexibility index (Phi) is 6.70. The lowest BCUT2D eigenvalue weighted by molar-refractivity contribution is -0.143. The Morgan fingerprint density at radius 1 is 0.958 bits per heavy atom. The molecule has 0 aromatic rings. The van der Waals surface area contributed by atoms with Gasteiger partial charge in [0.15, 0.2) is 10.2 Å². The van der Waals surface area contributed by atoms with Crippen molar-refractivity contribution in [2.45, 2.75) is 36.2 Å². The third-order valence-electron chi connectivity index (χ3n) is 4.46. The van der Waals surface area contributed by atoms with Crippen LogP contribution in [0.25, 0.3) is 0 Å². The highest BCUT2D eigenvalue weighted by Gasteiger charge is 2.40. The number of hydrogen-bond acceptors (Lipinski definition) is 7. The fraction of sp³-hybridized carbons (Fsp3) is 0.733. The van der Waals surface area contributed by atoms with E-state index in [-0.39, 0.29) is 33.6 Å². The molecule has 2 heterocycles. The molecule has 0 radical (unpaired) electrons. The summed E-state index contributed by atoms with van der Waals surface area (Å²) in [5.74, 6) is -3.08. The van der Waals surface area contributed by atoms with E-state index in [2.05, 4.69) is 0 Å². The number of carboxylic acid groups (broad SMARTS) is 2. The van der Waals surface area contributed by atoms with Crippen molar-refractivity contribution in [1.82, 2.24) is 4.90 Å². The molecule has 24 heavy (non-hydrogen) atoms. The molecule has 2 rings (SSSR count). The second-order valence-electron chi connectivity index (χ2n) is 6.23. The Morgan fingerprint density at radius 2 is 1.33 bits per heavy atom. The first-order chi connectivity index (χ1) is 11.3. The summed E-state index contributed by atoms with van der Waals surface area (Å²) >= 11 is 2.24. The molecule has 0 saturated carbocycles. The van der Waals surface area contributed by atoms with Crippen molar-refractivity contribution in [2.75, 3.05) is 20.1 Å². The van der Waals surface area contributed by atoms with Gasteiger partial charge in [-0.25, -0.2) is 0 Å². The maximum Gasteiger partial charge on any atom is 0.308 e. The summed E-state index contributed by atoms with van der Waals surface area (Å²) < 4.78 is 0. The van der Waals surface area contributed by atoms with Gasteiger partial charge in [0, 0.05) is 23.3 Å². The fourth-order valence-corrected chi connectivity index (χ4v) is 5.47. The molecular weight excluding hydrogens is 354 g/mol. The summed E-state index contributed by atoms with van der Waals surface area (Å²) in [4.78, 5) is 47.2. The Morgan fingerprint density at radius 3 is 1.67 bits per heavy atom. The molecule has 4 unspecified atom stereocenters. The zero-order valence-electron chi connectivity index (χ0n) is 13.3. The average molecular weight is 375 g/mol. The Bertz CT molecular complexity index is 494. The van der Waals surface area contributed by atoms with Crippen LogP contribution >= 0.6 is 23.5 Å². The van der Waals surface area contributed by atoms with Crippen molar-refractivity contribution in [2.24, 2.45) is 11.8 Å². The summed E-state index contributed by atoms with van der Waals surface area (Å²) in [5.41, 5.74) is 0. The molecule has 2 saturated heterocycles. The number of carbonyl (C=O) groups excluding carboxylic acids is 2. The highest BCUT2D eigenvalue weighted by atomic mass is 32.2. The second-order valence-corrected chi connectivity index (χ2v) is 8.83. The molecule has 0 bridgehead atoms. The summed E-state index contributed by atoms with van der Waals surface area (Å²) in [6, 6.07) is 0. The number of carbonyl (C=O) groups is 4. The highest BCUT2D eigenvalue weighted by molar-refractivity contribution is 8.14. The molecular formula is C15H21NO6S2. The highest BCUT2D eigenvalue weighted by Crippen LogP contribution is 2.37. The van der Waals surface area contributed by atoms with Crippen LogP contribution in [-0.2, 0) is 19.2 Å². The van der Waals surface area contributed by atoms with Crippen LogP contribution in [0.5, 0.6) is 0 Å². The van der Waals surface area contributed by atoms with Crippen LogP contribution in [0.15, 0.2) is 0 Å². The van der Waals surface area contributed by atoms with Gasteiger partial charge < -0.3 is 15.1 Å². The molecule has 4 atom stereocenters. The van der Waals surface area contributed by atoms with E-state index in [1.165, 1.54) is 0 Å². The van der Waals surface area contributed by atoms with Gasteiger partial charge in [-0.15, -0.1) is 0 Å². The van der Waals surface area contributed by atoms with Gasteiger partial charge in [-0.3, -0.25) is 19.2 Å². The largest absolute Gasteiger partial charge is 0.481 e. The molecule has 2 N–H and O–H groups in total. The standard InChI is InChI=1S/C15H21NO6S2/c1-16(4-2-10-8(14(19)20)6-12(17)23-10)5-3-11-9(15(21)22)7-13(18)24-11/h8-11H,2-7H2,1H3,(H,19,20)(H,21,22). The van der Waals surface area contributed by atoms with Crippen LogP contribution < -0.4 is 0 Å².